The number of phenols is 10. The molecular weight excluding hydrogens is 812 g/mol. The molecule has 0 aromatic heterocycles. The van der Waals surface area contributed by atoms with Gasteiger partial charge in [-0.3, -0.25) is 0 Å². The maximum absolute atomic E-state index is 12.5. The second-order valence-electron chi connectivity index (χ2n) is 15.7. The van der Waals surface area contributed by atoms with Gasteiger partial charge in [0.15, 0.2) is 29.1 Å². The number of phenolic OH excluding ortho intramolecular Hbond substituents is 10. The first-order valence-corrected chi connectivity index (χ1v) is 19.2. The number of hydrogen-bond donors (Lipinski definition) is 13. The molecule has 4 aliphatic rings. The summed E-state index contributed by atoms with van der Waals surface area (Å²) in [6.45, 7) is 0. The van der Waals surface area contributed by atoms with E-state index in [1.807, 2.05) is 0 Å². The zero-order valence-electron chi connectivity index (χ0n) is 31.8. The molecule has 0 saturated heterocycles. The Labute approximate surface area is 349 Å². The van der Waals surface area contributed by atoms with E-state index in [4.69, 9.17) is 18.9 Å². The number of hydrogen-bond acceptors (Lipinski definition) is 17. The second kappa shape index (κ2) is 13.5. The normalized spacial score (nSPS) is 25.4. The molecule has 0 unspecified atom stereocenters. The summed E-state index contributed by atoms with van der Waals surface area (Å²) >= 11 is 0. The molecule has 4 aliphatic heterocycles. The van der Waals surface area contributed by atoms with Crippen molar-refractivity contribution in [3.8, 4) is 80.5 Å². The Hall–Kier alpha value is -7.60. The van der Waals surface area contributed by atoms with Crippen LogP contribution in [-0.2, 0) is 12.2 Å². The van der Waals surface area contributed by atoms with E-state index in [-0.39, 0.29) is 79.7 Å². The predicted molar refractivity (Wildman–Crippen MR) is 210 cm³/mol. The summed E-state index contributed by atoms with van der Waals surface area (Å²) in [6, 6.07) is 17.1. The van der Waals surface area contributed by atoms with Crippen molar-refractivity contribution in [1.82, 2.24) is 0 Å². The average molecular weight is 849 g/mol. The minimum atomic E-state index is -2.28. The molecule has 4 heterocycles. The number of rotatable bonds is 4. The lowest BCUT2D eigenvalue weighted by molar-refractivity contribution is -0.219. The van der Waals surface area contributed by atoms with Gasteiger partial charge in [-0.05, 0) is 53.6 Å². The van der Waals surface area contributed by atoms with Gasteiger partial charge < -0.3 is 85.3 Å². The number of aromatic hydroxyl groups is 10. The molecule has 0 radical (unpaired) electrons. The van der Waals surface area contributed by atoms with Crippen LogP contribution in [0.5, 0.6) is 80.5 Å². The molecule has 13 N–H and O–H groups in total. The van der Waals surface area contributed by atoms with E-state index in [1.165, 1.54) is 48.5 Å². The van der Waals surface area contributed by atoms with E-state index in [1.54, 1.807) is 0 Å². The highest BCUT2D eigenvalue weighted by Crippen LogP contribution is 2.65. The summed E-state index contributed by atoms with van der Waals surface area (Å²) in [4.78, 5) is 0. The van der Waals surface area contributed by atoms with Gasteiger partial charge in [0.1, 0.15) is 75.8 Å². The molecule has 10 rings (SSSR count). The first-order valence-electron chi connectivity index (χ1n) is 19.2. The van der Waals surface area contributed by atoms with E-state index in [9.17, 15) is 66.4 Å². The van der Waals surface area contributed by atoms with Crippen LogP contribution in [0.15, 0.2) is 84.9 Å². The first-order chi connectivity index (χ1) is 29.6. The van der Waals surface area contributed by atoms with Crippen LogP contribution in [0.25, 0.3) is 0 Å². The molecule has 318 valence electrons. The van der Waals surface area contributed by atoms with Gasteiger partial charge in [-0.2, -0.15) is 0 Å². The van der Waals surface area contributed by atoms with E-state index >= 15 is 0 Å². The quantitative estimate of drug-likeness (QED) is 0.108. The highest BCUT2D eigenvalue weighted by Gasteiger charge is 2.61. The van der Waals surface area contributed by atoms with Crippen LogP contribution in [-0.4, -0.2) is 84.7 Å². The SMILES string of the molecule is Oc1ccc([C@H]2Oc3c(c(O)cc4c3[C@@H]3c5c(O)cc(O)cc5O[C@](c5ccc(O)c(O)c5)(O4)[C@@H]3O)[C@H](c3c(O)cc(O)c4c3O[C@H](c3ccc(O)c(O)c3)[C@H](O)C4)[C@H]2O)cc1. The third kappa shape index (κ3) is 5.52. The van der Waals surface area contributed by atoms with Gasteiger partial charge in [0.2, 0.25) is 0 Å². The predicted octanol–water partition coefficient (Wildman–Crippen LogP) is 4.54. The van der Waals surface area contributed by atoms with Crippen LogP contribution in [0, 0.1) is 0 Å². The summed E-state index contributed by atoms with van der Waals surface area (Å²) in [6.07, 6.45) is -7.87. The molecular formula is C45H36O17. The highest BCUT2D eigenvalue weighted by atomic mass is 16.7. The number of aliphatic hydroxyl groups is 3. The third-order valence-corrected chi connectivity index (χ3v) is 12.1. The van der Waals surface area contributed by atoms with E-state index in [0.29, 0.717) is 0 Å². The van der Waals surface area contributed by atoms with Gasteiger partial charge in [-0.1, -0.05) is 18.2 Å². The topological polar surface area (TPSA) is 300 Å². The highest BCUT2D eigenvalue weighted by molar-refractivity contribution is 5.72. The maximum atomic E-state index is 12.5. The minimum Gasteiger partial charge on any atom is -0.508 e. The van der Waals surface area contributed by atoms with Gasteiger partial charge in [0.25, 0.3) is 0 Å². The van der Waals surface area contributed by atoms with Gasteiger partial charge in [-0.15, -0.1) is 0 Å². The Balaban J connectivity index is 1.24. The Kier molecular flexibility index (Phi) is 8.37. The molecule has 6 aromatic carbocycles. The molecule has 17 heteroatoms. The number of ether oxygens (including phenoxy) is 4. The van der Waals surface area contributed by atoms with E-state index in [0.717, 1.165) is 36.4 Å². The van der Waals surface area contributed by atoms with Crippen LogP contribution < -0.4 is 18.9 Å². The molecule has 17 nitrogen and oxygen atoms in total. The summed E-state index contributed by atoms with van der Waals surface area (Å²) < 4.78 is 25.8. The Bertz CT molecular complexity index is 2840. The van der Waals surface area contributed by atoms with Crippen LogP contribution in [0.2, 0.25) is 0 Å². The molecule has 6 aromatic rings. The maximum Gasteiger partial charge on any atom is 0.305 e. The fourth-order valence-electron chi connectivity index (χ4n) is 9.27. The lowest BCUT2D eigenvalue weighted by Crippen LogP contribution is -2.57. The second-order valence-corrected chi connectivity index (χ2v) is 15.7. The lowest BCUT2D eigenvalue weighted by atomic mass is 9.71. The molecule has 0 spiro atoms. The van der Waals surface area contributed by atoms with Gasteiger partial charge in [0, 0.05) is 64.1 Å². The van der Waals surface area contributed by atoms with Crippen molar-refractivity contribution in [3.05, 3.63) is 129 Å². The molecule has 0 amide bonds. The summed E-state index contributed by atoms with van der Waals surface area (Å²) in [5.41, 5.74) is -0.0338. The molecule has 0 fully saturated rings. The minimum absolute atomic E-state index is 0.00667. The van der Waals surface area contributed by atoms with Crippen molar-refractivity contribution in [2.75, 3.05) is 0 Å². The van der Waals surface area contributed by atoms with E-state index in [2.05, 4.69) is 0 Å². The fraction of sp³-hybridized carbons (Fsp3) is 0.200. The Morgan fingerprint density at radius 3 is 1.74 bits per heavy atom. The Morgan fingerprint density at radius 1 is 0.452 bits per heavy atom. The first kappa shape index (κ1) is 38.6. The molecule has 62 heavy (non-hydrogen) atoms. The lowest BCUT2D eigenvalue weighted by Gasteiger charge is -2.51. The number of aliphatic hydroxyl groups excluding tert-OH is 3. The molecule has 0 saturated carbocycles. The Morgan fingerprint density at radius 2 is 1.05 bits per heavy atom. The van der Waals surface area contributed by atoms with Gasteiger partial charge in [0.05, 0.1) is 17.9 Å². The third-order valence-electron chi connectivity index (χ3n) is 12.1. The summed E-state index contributed by atoms with van der Waals surface area (Å²) in [5, 5.41) is 145. The number of benzene rings is 6. The van der Waals surface area contributed by atoms with Crippen LogP contribution in [0.4, 0.5) is 0 Å². The summed E-state index contributed by atoms with van der Waals surface area (Å²) in [7, 11) is 0. The van der Waals surface area contributed by atoms with Gasteiger partial charge in [-0.25, -0.2) is 0 Å². The monoisotopic (exact) mass is 848 g/mol. The van der Waals surface area contributed by atoms with Crippen molar-refractivity contribution in [2.24, 2.45) is 0 Å². The zero-order valence-corrected chi connectivity index (χ0v) is 31.8. The standard InChI is InChI=1S/C45H36O17/c46-19-5-1-16(2-6-19)41-39(57)37(34-28(54)14-24(50)21-13-30(56)40(59-42(21)34)17-3-7-22(48)25(51)9-17)35-29(55)15-32-36(43(35)60-41)38-33-27(53)11-20(47)12-31(33)61-45(62-32,44(38)58)18-4-8-23(49)26(52)10-18/h1-12,14-15,30,37-41,44,46-58H,13H2/t30-,37+,38+,39-,40-,41-,44-,45-/m1/s1. The fourth-order valence-corrected chi connectivity index (χ4v) is 9.27. The van der Waals surface area contributed by atoms with Crippen molar-refractivity contribution in [3.63, 3.8) is 0 Å². The van der Waals surface area contributed by atoms with E-state index < -0.39 is 99.9 Å². The van der Waals surface area contributed by atoms with Crippen molar-refractivity contribution in [2.45, 2.75) is 54.6 Å². The zero-order chi connectivity index (χ0) is 43.7. The molecule has 8 atom stereocenters. The van der Waals surface area contributed by atoms with Crippen molar-refractivity contribution >= 4 is 0 Å². The molecule has 2 bridgehead atoms. The van der Waals surface area contributed by atoms with Crippen molar-refractivity contribution in [1.29, 1.82) is 0 Å². The van der Waals surface area contributed by atoms with Crippen LogP contribution in [0.1, 0.15) is 68.6 Å². The molecule has 0 aliphatic carbocycles. The largest absolute Gasteiger partial charge is 0.508 e. The summed E-state index contributed by atoms with van der Waals surface area (Å²) in [5.74, 6) is -10.9. The average Bonchev–Trinajstić information content (AvgIpc) is 3.21. The van der Waals surface area contributed by atoms with Crippen molar-refractivity contribution < 1.29 is 85.3 Å². The smallest absolute Gasteiger partial charge is 0.305 e. The number of fused-ring (bicyclic) bond motifs is 9. The van der Waals surface area contributed by atoms with Gasteiger partial charge >= 0.3 is 5.79 Å². The van der Waals surface area contributed by atoms with Crippen LogP contribution in [0.3, 0.4) is 0 Å². The van der Waals surface area contributed by atoms with Crippen LogP contribution >= 0.6 is 0 Å².